The van der Waals surface area contributed by atoms with Crippen LogP contribution in [-0.2, 0) is 6.54 Å². The maximum Gasteiger partial charge on any atom is 0.266 e. The van der Waals surface area contributed by atoms with Gasteiger partial charge in [-0.25, -0.2) is 4.68 Å². The average molecular weight is 368 g/mol. The molecule has 0 aromatic carbocycles. The zero-order valence-electron chi connectivity index (χ0n) is 11.5. The molecule has 110 valence electrons. The number of aryl methyl sites for hydroxylation is 1. The lowest BCUT2D eigenvalue weighted by Gasteiger charge is -2.39. The highest BCUT2D eigenvalue weighted by molar-refractivity contribution is 9.11. The summed E-state index contributed by atoms with van der Waals surface area (Å²) in [5, 5.41) is 4.22. The molecule has 7 heteroatoms. The van der Waals surface area contributed by atoms with Crippen LogP contribution < -0.4 is 5.56 Å². The van der Waals surface area contributed by atoms with Crippen molar-refractivity contribution in [2.75, 3.05) is 13.1 Å². The van der Waals surface area contributed by atoms with E-state index in [9.17, 15) is 9.59 Å². The van der Waals surface area contributed by atoms with Crippen LogP contribution in [0.3, 0.4) is 0 Å². The molecule has 1 amide bonds. The topological polar surface area (TPSA) is 55.2 Å². The molecule has 1 saturated heterocycles. The molecule has 0 aliphatic carbocycles. The maximum absolute atomic E-state index is 12.2. The molecule has 0 atom stereocenters. The van der Waals surface area contributed by atoms with Crippen molar-refractivity contribution < 1.29 is 4.79 Å². The number of thiophene rings is 1. The van der Waals surface area contributed by atoms with Crippen LogP contribution in [0.15, 0.2) is 32.8 Å². The number of halogens is 1. The fourth-order valence-corrected chi connectivity index (χ4v) is 3.72. The van der Waals surface area contributed by atoms with Crippen molar-refractivity contribution >= 4 is 33.2 Å². The summed E-state index contributed by atoms with van der Waals surface area (Å²) in [7, 11) is 0. The van der Waals surface area contributed by atoms with Crippen molar-refractivity contribution in [2.24, 2.45) is 5.92 Å². The monoisotopic (exact) mass is 367 g/mol. The number of nitrogens with zero attached hydrogens (tertiary/aromatic N) is 3. The summed E-state index contributed by atoms with van der Waals surface area (Å²) in [6, 6.07) is 6.96. The van der Waals surface area contributed by atoms with Gasteiger partial charge in [0, 0.05) is 25.1 Å². The van der Waals surface area contributed by atoms with Crippen LogP contribution in [0.1, 0.15) is 15.4 Å². The Bertz CT molecular complexity index is 734. The van der Waals surface area contributed by atoms with Gasteiger partial charge in [0.15, 0.2) is 0 Å². The quantitative estimate of drug-likeness (QED) is 0.834. The lowest BCUT2D eigenvalue weighted by atomic mass is 10.00. The first-order valence-electron chi connectivity index (χ1n) is 6.62. The molecule has 3 heterocycles. The number of likely N-dealkylation sites (tertiary alicyclic amines) is 1. The number of carbonyl (C=O) groups excluding carboxylic acids is 1. The second-order valence-electron chi connectivity index (χ2n) is 5.17. The van der Waals surface area contributed by atoms with Gasteiger partial charge in [0.25, 0.3) is 11.5 Å². The minimum atomic E-state index is -0.0902. The SMILES string of the molecule is Cc1ccc(=O)n(CC2CN(C(=O)c3ccc(Br)s3)C2)n1. The summed E-state index contributed by atoms with van der Waals surface area (Å²) >= 11 is 4.80. The Morgan fingerprint density at radius 1 is 1.38 bits per heavy atom. The molecule has 21 heavy (non-hydrogen) atoms. The normalized spacial score (nSPS) is 15.0. The van der Waals surface area contributed by atoms with Crippen molar-refractivity contribution in [3.05, 3.63) is 49.0 Å². The average Bonchev–Trinajstić information content (AvgIpc) is 2.83. The number of hydrogen-bond donors (Lipinski definition) is 0. The molecular weight excluding hydrogens is 354 g/mol. The first-order valence-corrected chi connectivity index (χ1v) is 8.23. The Hall–Kier alpha value is -1.47. The Morgan fingerprint density at radius 3 is 2.81 bits per heavy atom. The fourth-order valence-electron chi connectivity index (χ4n) is 2.36. The number of carbonyl (C=O) groups is 1. The van der Waals surface area contributed by atoms with Gasteiger partial charge in [-0.3, -0.25) is 9.59 Å². The maximum atomic E-state index is 12.2. The van der Waals surface area contributed by atoms with Crippen LogP contribution in [-0.4, -0.2) is 33.7 Å². The van der Waals surface area contributed by atoms with Crippen molar-refractivity contribution in [2.45, 2.75) is 13.5 Å². The van der Waals surface area contributed by atoms with Crippen LogP contribution in [0.25, 0.3) is 0 Å². The number of amides is 1. The molecule has 0 bridgehead atoms. The van der Waals surface area contributed by atoms with Crippen LogP contribution in [0, 0.1) is 12.8 Å². The van der Waals surface area contributed by atoms with E-state index in [1.54, 1.807) is 6.07 Å². The number of hydrogen-bond acceptors (Lipinski definition) is 4. The zero-order chi connectivity index (χ0) is 15.0. The lowest BCUT2D eigenvalue weighted by molar-refractivity contribution is 0.0463. The predicted molar refractivity (Wildman–Crippen MR) is 84.6 cm³/mol. The van der Waals surface area contributed by atoms with E-state index in [2.05, 4.69) is 21.0 Å². The van der Waals surface area contributed by atoms with E-state index in [0.717, 1.165) is 14.4 Å². The molecule has 3 rings (SSSR count). The molecule has 0 radical (unpaired) electrons. The molecule has 0 N–H and O–H groups in total. The predicted octanol–water partition coefficient (Wildman–Crippen LogP) is 2.15. The smallest absolute Gasteiger partial charge is 0.266 e. The van der Waals surface area contributed by atoms with E-state index >= 15 is 0 Å². The molecule has 0 spiro atoms. The first kappa shape index (κ1) is 14.5. The molecule has 2 aromatic rings. The Kier molecular flexibility index (Phi) is 3.95. The second kappa shape index (κ2) is 5.73. The Labute approximate surface area is 134 Å². The molecular formula is C14H14BrN3O2S. The molecule has 0 saturated carbocycles. The highest BCUT2D eigenvalue weighted by Gasteiger charge is 2.32. The highest BCUT2D eigenvalue weighted by atomic mass is 79.9. The molecule has 1 aliphatic rings. The molecule has 1 fully saturated rings. The van der Waals surface area contributed by atoms with E-state index in [0.29, 0.717) is 25.6 Å². The summed E-state index contributed by atoms with van der Waals surface area (Å²) in [5.41, 5.74) is 0.734. The summed E-state index contributed by atoms with van der Waals surface area (Å²) < 4.78 is 2.45. The Morgan fingerprint density at radius 2 is 2.14 bits per heavy atom. The third-order valence-electron chi connectivity index (χ3n) is 3.46. The third kappa shape index (κ3) is 3.08. The number of rotatable bonds is 3. The lowest BCUT2D eigenvalue weighted by Crippen LogP contribution is -2.52. The van der Waals surface area contributed by atoms with Gasteiger partial charge in [-0.15, -0.1) is 11.3 Å². The third-order valence-corrected chi connectivity index (χ3v) is 5.07. The van der Waals surface area contributed by atoms with Crippen molar-refractivity contribution in [3.8, 4) is 0 Å². The van der Waals surface area contributed by atoms with Crippen molar-refractivity contribution in [1.29, 1.82) is 0 Å². The van der Waals surface area contributed by atoms with E-state index in [1.165, 1.54) is 22.1 Å². The standard InChI is InChI=1S/C14H14BrN3O2S/c1-9-2-5-13(19)18(16-9)8-10-6-17(7-10)14(20)11-3-4-12(15)21-11/h2-5,10H,6-8H2,1H3. The van der Waals surface area contributed by atoms with Gasteiger partial charge in [0.1, 0.15) is 0 Å². The number of aromatic nitrogens is 2. The molecule has 5 nitrogen and oxygen atoms in total. The van der Waals surface area contributed by atoms with Crippen LogP contribution in [0.2, 0.25) is 0 Å². The van der Waals surface area contributed by atoms with E-state index in [4.69, 9.17) is 0 Å². The van der Waals surface area contributed by atoms with E-state index in [-0.39, 0.29) is 11.5 Å². The van der Waals surface area contributed by atoms with Crippen molar-refractivity contribution in [3.63, 3.8) is 0 Å². The van der Waals surface area contributed by atoms with E-state index in [1.807, 2.05) is 24.0 Å². The van der Waals surface area contributed by atoms with Crippen molar-refractivity contribution in [1.82, 2.24) is 14.7 Å². The van der Waals surface area contributed by atoms with E-state index < -0.39 is 0 Å². The Balaban J connectivity index is 1.60. The van der Waals surface area contributed by atoms with Gasteiger partial charge in [-0.2, -0.15) is 5.10 Å². The largest absolute Gasteiger partial charge is 0.337 e. The zero-order valence-corrected chi connectivity index (χ0v) is 13.9. The summed E-state index contributed by atoms with van der Waals surface area (Å²) in [6.45, 7) is 3.78. The molecule has 2 aromatic heterocycles. The highest BCUT2D eigenvalue weighted by Crippen LogP contribution is 2.26. The first-order chi connectivity index (χ1) is 10.0. The molecule has 1 aliphatic heterocycles. The molecule has 0 unspecified atom stereocenters. The van der Waals surface area contributed by atoms with Gasteiger partial charge >= 0.3 is 0 Å². The van der Waals surface area contributed by atoms with Gasteiger partial charge in [0.05, 0.1) is 20.9 Å². The van der Waals surface area contributed by atoms with Gasteiger partial charge in [-0.1, -0.05) is 0 Å². The van der Waals surface area contributed by atoms with Crippen LogP contribution in [0.4, 0.5) is 0 Å². The van der Waals surface area contributed by atoms with Gasteiger partial charge < -0.3 is 4.90 Å². The van der Waals surface area contributed by atoms with Crippen LogP contribution >= 0.6 is 27.3 Å². The summed E-state index contributed by atoms with van der Waals surface area (Å²) in [5.74, 6) is 0.357. The fraction of sp³-hybridized carbons (Fsp3) is 0.357. The summed E-state index contributed by atoms with van der Waals surface area (Å²) in [6.07, 6.45) is 0. The summed E-state index contributed by atoms with van der Waals surface area (Å²) in [4.78, 5) is 26.4. The minimum absolute atomic E-state index is 0.0616. The minimum Gasteiger partial charge on any atom is -0.337 e. The van der Waals surface area contributed by atoms with Crippen LogP contribution in [0.5, 0.6) is 0 Å². The van der Waals surface area contributed by atoms with Gasteiger partial charge in [0.2, 0.25) is 0 Å². The second-order valence-corrected chi connectivity index (χ2v) is 7.64. The van der Waals surface area contributed by atoms with Gasteiger partial charge in [-0.05, 0) is 41.1 Å².